The van der Waals surface area contributed by atoms with Crippen LogP contribution in [0.4, 0.5) is 17.1 Å². The molecule has 4 nitrogen and oxygen atoms in total. The molecule has 0 aliphatic rings. The normalized spacial score (nSPS) is 10.8. The molecule has 0 radical (unpaired) electrons. The molecule has 156 valence electrons. The maximum Gasteiger partial charge on any atom is 0.256 e. The average molecular weight is 456 g/mol. The van der Waals surface area contributed by atoms with Crippen molar-refractivity contribution in [2.45, 2.75) is 0 Å². The van der Waals surface area contributed by atoms with E-state index in [2.05, 4.69) is 10.6 Å². The molecule has 6 heteroatoms. The SMILES string of the molecule is O=C(Nc1ccc(Nc2ccccc2)cc1)c1cc(-c2ccc(Cl)s2)nc2ccccc12. The number of amides is 1. The van der Waals surface area contributed by atoms with Crippen LogP contribution in [0.25, 0.3) is 21.5 Å². The Bertz CT molecular complexity index is 1400. The standard InChI is InChI=1S/C26H18ClN3OS/c27-25-15-14-24(32-25)23-16-21(20-8-4-5-9-22(20)30-23)26(31)29-19-12-10-18(11-13-19)28-17-6-2-1-3-7-17/h1-16,28H,(H,29,31). The fourth-order valence-electron chi connectivity index (χ4n) is 3.46. The minimum absolute atomic E-state index is 0.184. The first-order valence-electron chi connectivity index (χ1n) is 10.0. The van der Waals surface area contributed by atoms with E-state index in [1.54, 1.807) is 0 Å². The van der Waals surface area contributed by atoms with E-state index in [0.717, 1.165) is 38.5 Å². The Morgan fingerprint density at radius 2 is 1.47 bits per heavy atom. The highest BCUT2D eigenvalue weighted by Gasteiger charge is 2.15. The van der Waals surface area contributed by atoms with Gasteiger partial charge in [-0.3, -0.25) is 4.79 Å². The van der Waals surface area contributed by atoms with Gasteiger partial charge in [-0.25, -0.2) is 4.98 Å². The number of aromatic nitrogens is 1. The second kappa shape index (κ2) is 8.83. The number of thiophene rings is 1. The lowest BCUT2D eigenvalue weighted by molar-refractivity contribution is 0.102. The zero-order valence-electron chi connectivity index (χ0n) is 16.9. The minimum atomic E-state index is -0.184. The van der Waals surface area contributed by atoms with Crippen LogP contribution in [-0.4, -0.2) is 10.9 Å². The van der Waals surface area contributed by atoms with Gasteiger partial charge in [-0.15, -0.1) is 11.3 Å². The first-order valence-corrected chi connectivity index (χ1v) is 11.2. The highest BCUT2D eigenvalue weighted by atomic mass is 35.5. The van der Waals surface area contributed by atoms with Gasteiger partial charge in [-0.1, -0.05) is 48.0 Å². The average Bonchev–Trinajstić information content (AvgIpc) is 3.26. The summed E-state index contributed by atoms with van der Waals surface area (Å²) in [6, 6.07) is 30.8. The first kappa shape index (κ1) is 20.2. The molecule has 1 amide bonds. The molecule has 0 spiro atoms. The zero-order valence-corrected chi connectivity index (χ0v) is 18.5. The molecule has 0 aliphatic carbocycles. The van der Waals surface area contributed by atoms with Crippen molar-refractivity contribution in [3.05, 3.63) is 107 Å². The molecule has 0 unspecified atom stereocenters. The lowest BCUT2D eigenvalue weighted by atomic mass is 10.1. The van der Waals surface area contributed by atoms with Crippen LogP contribution >= 0.6 is 22.9 Å². The number of para-hydroxylation sites is 2. The van der Waals surface area contributed by atoms with Crippen molar-refractivity contribution in [3.63, 3.8) is 0 Å². The monoisotopic (exact) mass is 455 g/mol. The number of fused-ring (bicyclic) bond motifs is 1. The van der Waals surface area contributed by atoms with Crippen LogP contribution in [0.3, 0.4) is 0 Å². The van der Waals surface area contributed by atoms with E-state index < -0.39 is 0 Å². The molecule has 32 heavy (non-hydrogen) atoms. The van der Waals surface area contributed by atoms with Gasteiger partial charge >= 0.3 is 0 Å². The number of hydrogen-bond donors (Lipinski definition) is 2. The number of nitrogens with one attached hydrogen (secondary N) is 2. The van der Waals surface area contributed by atoms with E-state index in [0.29, 0.717) is 9.90 Å². The van der Waals surface area contributed by atoms with Crippen molar-refractivity contribution in [2.24, 2.45) is 0 Å². The highest BCUT2D eigenvalue weighted by molar-refractivity contribution is 7.19. The summed E-state index contributed by atoms with van der Waals surface area (Å²) in [5, 5.41) is 7.15. The fourth-order valence-corrected chi connectivity index (χ4v) is 4.47. The summed E-state index contributed by atoms with van der Waals surface area (Å²) < 4.78 is 0.685. The third-order valence-electron chi connectivity index (χ3n) is 4.99. The fraction of sp³-hybridized carbons (Fsp3) is 0. The number of carbonyl (C=O) groups excluding carboxylic acids is 1. The second-order valence-electron chi connectivity index (χ2n) is 7.20. The molecule has 0 aliphatic heterocycles. The molecule has 5 rings (SSSR count). The predicted octanol–water partition coefficient (Wildman–Crippen LogP) is 7.61. The molecular formula is C26H18ClN3OS. The third kappa shape index (κ3) is 4.35. The first-order chi connectivity index (χ1) is 15.7. The summed E-state index contributed by atoms with van der Waals surface area (Å²) in [7, 11) is 0. The number of pyridine rings is 1. The Morgan fingerprint density at radius 1 is 0.781 bits per heavy atom. The van der Waals surface area contributed by atoms with Gasteiger partial charge in [0.15, 0.2) is 0 Å². The van der Waals surface area contributed by atoms with Crippen molar-refractivity contribution in [2.75, 3.05) is 10.6 Å². The number of nitrogens with zero attached hydrogens (tertiary/aromatic N) is 1. The van der Waals surface area contributed by atoms with Crippen molar-refractivity contribution in [1.29, 1.82) is 0 Å². The summed E-state index contributed by atoms with van der Waals surface area (Å²) in [4.78, 5) is 18.9. The number of anilines is 3. The van der Waals surface area contributed by atoms with Gasteiger partial charge < -0.3 is 10.6 Å². The number of halogens is 1. The largest absolute Gasteiger partial charge is 0.356 e. The van der Waals surface area contributed by atoms with E-state index in [1.807, 2.05) is 97.1 Å². The van der Waals surface area contributed by atoms with Crippen LogP contribution in [0, 0.1) is 0 Å². The predicted molar refractivity (Wildman–Crippen MR) is 134 cm³/mol. The molecule has 0 saturated heterocycles. The summed E-state index contributed by atoms with van der Waals surface area (Å²) >= 11 is 7.55. The summed E-state index contributed by atoms with van der Waals surface area (Å²) in [6.45, 7) is 0. The number of hydrogen-bond acceptors (Lipinski definition) is 4. The smallest absolute Gasteiger partial charge is 0.256 e. The van der Waals surface area contributed by atoms with Crippen LogP contribution in [-0.2, 0) is 0 Å². The topological polar surface area (TPSA) is 54.0 Å². The molecule has 0 atom stereocenters. The Balaban J connectivity index is 1.42. The maximum absolute atomic E-state index is 13.2. The summed E-state index contributed by atoms with van der Waals surface area (Å²) in [5.41, 5.74) is 4.74. The zero-order chi connectivity index (χ0) is 21.9. The van der Waals surface area contributed by atoms with Crippen molar-refractivity contribution in [3.8, 4) is 10.6 Å². The molecule has 0 saturated carbocycles. The van der Waals surface area contributed by atoms with Gasteiger partial charge in [0.25, 0.3) is 5.91 Å². The van der Waals surface area contributed by atoms with Crippen LogP contribution in [0.1, 0.15) is 10.4 Å². The second-order valence-corrected chi connectivity index (χ2v) is 8.91. The lowest BCUT2D eigenvalue weighted by Crippen LogP contribution is -2.13. The Hall–Kier alpha value is -3.67. The highest BCUT2D eigenvalue weighted by Crippen LogP contribution is 2.32. The van der Waals surface area contributed by atoms with Gasteiger partial charge in [0.1, 0.15) is 0 Å². The van der Waals surface area contributed by atoms with E-state index in [4.69, 9.17) is 16.6 Å². The number of benzene rings is 3. The van der Waals surface area contributed by atoms with Gasteiger partial charge in [-0.2, -0.15) is 0 Å². The number of rotatable bonds is 5. The Labute approximate surface area is 194 Å². The van der Waals surface area contributed by atoms with Crippen molar-refractivity contribution >= 4 is 56.8 Å². The number of carbonyl (C=O) groups is 1. The lowest BCUT2D eigenvalue weighted by Gasteiger charge is -2.11. The Morgan fingerprint density at radius 3 is 2.22 bits per heavy atom. The van der Waals surface area contributed by atoms with Crippen LogP contribution in [0.15, 0.2) is 97.1 Å². The van der Waals surface area contributed by atoms with Crippen LogP contribution in [0.5, 0.6) is 0 Å². The van der Waals surface area contributed by atoms with Crippen molar-refractivity contribution < 1.29 is 4.79 Å². The summed E-state index contributed by atoms with van der Waals surface area (Å²) in [5.74, 6) is -0.184. The third-order valence-corrected chi connectivity index (χ3v) is 6.25. The van der Waals surface area contributed by atoms with E-state index >= 15 is 0 Å². The molecule has 0 bridgehead atoms. The van der Waals surface area contributed by atoms with Gasteiger partial charge in [-0.05, 0) is 60.7 Å². The minimum Gasteiger partial charge on any atom is -0.356 e. The molecule has 2 aromatic heterocycles. The molecule has 2 heterocycles. The van der Waals surface area contributed by atoms with Crippen molar-refractivity contribution in [1.82, 2.24) is 4.98 Å². The van der Waals surface area contributed by atoms with Gasteiger partial charge in [0.2, 0.25) is 0 Å². The quantitative estimate of drug-likeness (QED) is 0.286. The van der Waals surface area contributed by atoms with Gasteiger partial charge in [0.05, 0.1) is 26.0 Å². The molecule has 2 N–H and O–H groups in total. The van der Waals surface area contributed by atoms with Gasteiger partial charge in [0, 0.05) is 22.4 Å². The van der Waals surface area contributed by atoms with E-state index in [9.17, 15) is 4.79 Å². The molecule has 5 aromatic rings. The van der Waals surface area contributed by atoms with Crippen LogP contribution < -0.4 is 10.6 Å². The van der Waals surface area contributed by atoms with E-state index in [-0.39, 0.29) is 5.91 Å². The molecular weight excluding hydrogens is 438 g/mol. The van der Waals surface area contributed by atoms with E-state index in [1.165, 1.54) is 11.3 Å². The molecule has 0 fully saturated rings. The maximum atomic E-state index is 13.2. The van der Waals surface area contributed by atoms with Crippen LogP contribution in [0.2, 0.25) is 4.34 Å². The summed E-state index contributed by atoms with van der Waals surface area (Å²) in [6.07, 6.45) is 0. The Kier molecular flexibility index (Phi) is 5.58. The molecule has 3 aromatic carbocycles.